The Morgan fingerprint density at radius 1 is 1.21 bits per heavy atom. The number of fused-ring (bicyclic) bond motifs is 2. The highest BCUT2D eigenvalue weighted by Crippen LogP contribution is 2.30. The Bertz CT molecular complexity index is 1200. The van der Waals surface area contributed by atoms with E-state index in [1.165, 1.54) is 0 Å². The number of ether oxygens (including phenoxy) is 2. The van der Waals surface area contributed by atoms with Gasteiger partial charge in [-0.1, -0.05) is 13.8 Å². The topological polar surface area (TPSA) is 131 Å². The molecule has 1 aliphatic heterocycles. The van der Waals surface area contributed by atoms with Gasteiger partial charge in [0.15, 0.2) is 0 Å². The number of hydrogen-bond acceptors (Lipinski definition) is 9. The monoisotopic (exact) mass is 511 g/mol. The Labute approximate surface area is 210 Å². The maximum atomic E-state index is 13.0. The maximum absolute atomic E-state index is 13.0. The van der Waals surface area contributed by atoms with Crippen molar-refractivity contribution in [3.05, 3.63) is 39.3 Å². The van der Waals surface area contributed by atoms with Gasteiger partial charge in [-0.05, 0) is 17.5 Å². The molecule has 12 heteroatoms. The maximum Gasteiger partial charge on any atom is 0.260 e. The molecule has 0 saturated heterocycles. The Kier molecular flexibility index (Phi) is 9.31. The minimum Gasteiger partial charge on any atom is -0.497 e. The predicted molar refractivity (Wildman–Crippen MR) is 139 cm³/mol. The van der Waals surface area contributed by atoms with Crippen LogP contribution in [0.5, 0.6) is 5.75 Å². The summed E-state index contributed by atoms with van der Waals surface area (Å²) in [6, 6.07) is 3.70. The number of anilines is 3. The second kappa shape index (κ2) is 11.5. The van der Waals surface area contributed by atoms with E-state index in [1.54, 1.807) is 20.3 Å². The summed E-state index contributed by atoms with van der Waals surface area (Å²) < 4.78 is 10.5. The van der Waals surface area contributed by atoms with E-state index in [0.29, 0.717) is 67.0 Å². The van der Waals surface area contributed by atoms with Crippen molar-refractivity contribution in [1.82, 2.24) is 19.9 Å². The van der Waals surface area contributed by atoms with E-state index in [4.69, 9.17) is 20.2 Å². The first-order valence-electron chi connectivity index (χ1n) is 10.7. The number of H-pyrrole nitrogens is 1. The number of aromatic nitrogens is 4. The number of hydrogen-bond donors (Lipinski definition) is 3. The van der Waals surface area contributed by atoms with Crippen LogP contribution < -0.4 is 26.2 Å². The predicted octanol–water partition coefficient (Wildman–Crippen LogP) is 2.89. The molecule has 0 radical (unpaired) electrons. The molecule has 0 unspecified atom stereocenters. The van der Waals surface area contributed by atoms with Crippen LogP contribution >= 0.6 is 24.8 Å². The van der Waals surface area contributed by atoms with Crippen molar-refractivity contribution in [2.24, 2.45) is 0 Å². The molecule has 4 rings (SSSR count). The van der Waals surface area contributed by atoms with Crippen molar-refractivity contribution < 1.29 is 9.47 Å². The zero-order chi connectivity index (χ0) is 22.8. The molecule has 0 saturated carbocycles. The molecular weight excluding hydrogens is 481 g/mol. The highest BCUT2D eigenvalue weighted by Gasteiger charge is 2.24. The fourth-order valence-electron chi connectivity index (χ4n) is 3.95. The van der Waals surface area contributed by atoms with Crippen LogP contribution in [-0.4, -0.2) is 53.9 Å². The van der Waals surface area contributed by atoms with E-state index < -0.39 is 0 Å². The molecule has 4 N–H and O–H groups in total. The van der Waals surface area contributed by atoms with E-state index in [-0.39, 0.29) is 36.3 Å². The van der Waals surface area contributed by atoms with E-state index in [2.05, 4.69) is 20.3 Å². The van der Waals surface area contributed by atoms with Crippen LogP contribution in [-0.2, 0) is 17.7 Å². The molecule has 0 fully saturated rings. The molecule has 1 aromatic carbocycles. The number of rotatable bonds is 7. The zero-order valence-electron chi connectivity index (χ0n) is 19.7. The summed E-state index contributed by atoms with van der Waals surface area (Å²) >= 11 is 0. The Hall–Kier alpha value is -2.82. The summed E-state index contributed by atoms with van der Waals surface area (Å²) in [5.74, 6) is 2.26. The standard InChI is InChI=1S/C22H29N7O3.2ClH/c1-12(2)14-9-13(32-4)10-17-18(14)20(30)28-22(26-17)29-7-5-16-15(11-29)19(23)27-21(25-16)24-6-8-31-3;;/h9-10,12H,5-8,11H2,1-4H3,(H,26,28,30)(H3,23,24,25,27);2*1H. The minimum atomic E-state index is -0.163. The van der Waals surface area contributed by atoms with Gasteiger partial charge in [0.25, 0.3) is 5.56 Å². The number of methoxy groups -OCH3 is 2. The lowest BCUT2D eigenvalue weighted by molar-refractivity contribution is 0.210. The van der Waals surface area contributed by atoms with E-state index in [0.717, 1.165) is 16.8 Å². The summed E-state index contributed by atoms with van der Waals surface area (Å²) in [5.41, 5.74) is 9.35. The highest BCUT2D eigenvalue weighted by atomic mass is 35.5. The van der Waals surface area contributed by atoms with Crippen molar-refractivity contribution in [3.63, 3.8) is 0 Å². The zero-order valence-corrected chi connectivity index (χ0v) is 21.3. The van der Waals surface area contributed by atoms with Gasteiger partial charge in [0.05, 0.1) is 36.9 Å². The number of nitrogens with two attached hydrogens (primary N) is 1. The van der Waals surface area contributed by atoms with Crippen LogP contribution in [0.15, 0.2) is 16.9 Å². The van der Waals surface area contributed by atoms with Crippen LogP contribution in [0.25, 0.3) is 10.9 Å². The van der Waals surface area contributed by atoms with E-state index >= 15 is 0 Å². The largest absolute Gasteiger partial charge is 0.497 e. The van der Waals surface area contributed by atoms with Gasteiger partial charge in [0, 0.05) is 38.2 Å². The molecule has 0 aliphatic carbocycles. The lowest BCUT2D eigenvalue weighted by Gasteiger charge is -2.29. The van der Waals surface area contributed by atoms with Crippen molar-refractivity contribution in [2.45, 2.75) is 32.7 Å². The molecule has 3 heterocycles. The molecule has 34 heavy (non-hydrogen) atoms. The molecule has 0 bridgehead atoms. The number of benzene rings is 1. The molecular formula is C22H31Cl2N7O3. The first-order valence-corrected chi connectivity index (χ1v) is 10.7. The normalized spacial score (nSPS) is 12.7. The average Bonchev–Trinajstić information content (AvgIpc) is 2.78. The molecule has 0 atom stereocenters. The fourth-order valence-corrected chi connectivity index (χ4v) is 3.95. The lowest BCUT2D eigenvalue weighted by Crippen LogP contribution is -2.34. The first-order chi connectivity index (χ1) is 15.4. The summed E-state index contributed by atoms with van der Waals surface area (Å²) in [7, 11) is 3.26. The number of nitrogen functional groups attached to an aromatic ring is 1. The molecule has 0 spiro atoms. The SMILES string of the molecule is COCCNc1nc(N)c2c(n1)CCN(c1nc3cc(OC)cc(C(C)C)c3c(=O)[nH]1)C2.Cl.Cl. The molecule has 2 aromatic heterocycles. The van der Waals surface area contributed by atoms with Crippen molar-refractivity contribution in [1.29, 1.82) is 0 Å². The third kappa shape index (κ3) is 5.45. The number of nitrogens with one attached hydrogen (secondary N) is 2. The highest BCUT2D eigenvalue weighted by molar-refractivity contribution is 5.86. The number of nitrogens with zero attached hydrogens (tertiary/aromatic N) is 4. The third-order valence-corrected chi connectivity index (χ3v) is 5.64. The Morgan fingerprint density at radius 2 is 1.97 bits per heavy atom. The number of aromatic amines is 1. The molecule has 10 nitrogen and oxygen atoms in total. The van der Waals surface area contributed by atoms with Crippen LogP contribution in [0.4, 0.5) is 17.7 Å². The van der Waals surface area contributed by atoms with Crippen molar-refractivity contribution in [2.75, 3.05) is 49.9 Å². The summed E-state index contributed by atoms with van der Waals surface area (Å²) in [6.45, 7) is 6.36. The minimum absolute atomic E-state index is 0. The average molecular weight is 512 g/mol. The van der Waals surface area contributed by atoms with Crippen LogP contribution in [0, 0.1) is 0 Å². The van der Waals surface area contributed by atoms with Gasteiger partial charge in [0.2, 0.25) is 11.9 Å². The lowest BCUT2D eigenvalue weighted by atomic mass is 9.98. The fraction of sp³-hybridized carbons (Fsp3) is 0.455. The molecule has 1 aliphatic rings. The summed E-state index contributed by atoms with van der Waals surface area (Å²) in [4.78, 5) is 31.7. The molecule has 3 aromatic rings. The van der Waals surface area contributed by atoms with Gasteiger partial charge in [0.1, 0.15) is 11.6 Å². The van der Waals surface area contributed by atoms with Gasteiger partial charge in [-0.15, -0.1) is 24.8 Å². The summed E-state index contributed by atoms with van der Waals surface area (Å²) in [6.07, 6.45) is 0.665. The van der Waals surface area contributed by atoms with Crippen molar-refractivity contribution in [3.8, 4) is 5.75 Å². The van der Waals surface area contributed by atoms with Crippen LogP contribution in [0.1, 0.15) is 36.6 Å². The number of halogens is 2. The molecule has 0 amide bonds. The first kappa shape index (κ1) is 27.4. The van der Waals surface area contributed by atoms with Gasteiger partial charge in [-0.25, -0.2) is 9.97 Å². The second-order valence-electron chi connectivity index (χ2n) is 8.10. The van der Waals surface area contributed by atoms with E-state index in [1.807, 2.05) is 24.8 Å². The van der Waals surface area contributed by atoms with Crippen LogP contribution in [0.2, 0.25) is 0 Å². The van der Waals surface area contributed by atoms with Crippen LogP contribution in [0.3, 0.4) is 0 Å². The Balaban J connectivity index is 0.00000204. The van der Waals surface area contributed by atoms with Gasteiger partial charge < -0.3 is 25.4 Å². The smallest absolute Gasteiger partial charge is 0.260 e. The van der Waals surface area contributed by atoms with Gasteiger partial charge >= 0.3 is 0 Å². The molecule has 186 valence electrons. The van der Waals surface area contributed by atoms with Gasteiger partial charge in [-0.3, -0.25) is 9.78 Å². The van der Waals surface area contributed by atoms with Gasteiger partial charge in [-0.2, -0.15) is 4.98 Å². The second-order valence-corrected chi connectivity index (χ2v) is 8.10. The van der Waals surface area contributed by atoms with Crippen molar-refractivity contribution >= 4 is 53.4 Å². The van der Waals surface area contributed by atoms with E-state index in [9.17, 15) is 4.79 Å². The Morgan fingerprint density at radius 3 is 2.65 bits per heavy atom. The quantitative estimate of drug-likeness (QED) is 0.409. The summed E-state index contributed by atoms with van der Waals surface area (Å²) in [5, 5.41) is 3.71. The third-order valence-electron chi connectivity index (χ3n) is 5.64.